The Bertz CT molecular complexity index is 898. The molecular formula is C18H22N4O3S. The molecule has 2 aromatic rings. The summed E-state index contributed by atoms with van der Waals surface area (Å²) < 4.78 is 23.1. The molecule has 1 aliphatic rings. The molecule has 0 bridgehead atoms. The third kappa shape index (κ3) is 4.37. The zero-order chi connectivity index (χ0) is 18.7. The Morgan fingerprint density at radius 3 is 2.58 bits per heavy atom. The summed E-state index contributed by atoms with van der Waals surface area (Å²) in [7, 11) is -3.02. The van der Waals surface area contributed by atoms with Crippen molar-refractivity contribution < 1.29 is 13.2 Å². The number of anilines is 1. The van der Waals surface area contributed by atoms with E-state index in [1.165, 1.54) is 6.33 Å². The van der Waals surface area contributed by atoms with E-state index in [1.807, 2.05) is 26.0 Å². The van der Waals surface area contributed by atoms with Crippen LogP contribution in [0.4, 0.5) is 5.82 Å². The first-order valence-electron chi connectivity index (χ1n) is 8.53. The molecule has 26 heavy (non-hydrogen) atoms. The smallest absolute Gasteiger partial charge is 0.253 e. The molecule has 1 aromatic carbocycles. The Labute approximate surface area is 153 Å². The van der Waals surface area contributed by atoms with Crippen LogP contribution in [-0.4, -0.2) is 59.8 Å². The lowest BCUT2D eigenvalue weighted by Gasteiger charge is -2.26. The zero-order valence-corrected chi connectivity index (χ0v) is 15.7. The van der Waals surface area contributed by atoms with Gasteiger partial charge in [0.15, 0.2) is 9.84 Å². The van der Waals surface area contributed by atoms with Gasteiger partial charge in [0, 0.05) is 36.3 Å². The first kappa shape index (κ1) is 18.3. The van der Waals surface area contributed by atoms with Gasteiger partial charge in [0.2, 0.25) is 0 Å². The van der Waals surface area contributed by atoms with Crippen LogP contribution in [0.5, 0.6) is 0 Å². The van der Waals surface area contributed by atoms with E-state index in [2.05, 4.69) is 15.3 Å². The normalized spacial score (nSPS) is 16.5. The fourth-order valence-electron chi connectivity index (χ4n) is 2.80. The summed E-state index contributed by atoms with van der Waals surface area (Å²) in [5, 5.41) is 3.23. The van der Waals surface area contributed by atoms with E-state index in [1.54, 1.807) is 23.1 Å². The number of rotatable bonds is 4. The average molecular weight is 374 g/mol. The number of hydrogen-bond acceptors (Lipinski definition) is 6. The highest BCUT2D eigenvalue weighted by Gasteiger charge is 2.25. The van der Waals surface area contributed by atoms with Gasteiger partial charge in [-0.05, 0) is 26.0 Å². The second-order valence-electron chi connectivity index (χ2n) is 6.61. The number of benzene rings is 1. The molecule has 0 atom stereocenters. The van der Waals surface area contributed by atoms with Crippen LogP contribution >= 0.6 is 0 Å². The highest BCUT2D eigenvalue weighted by Crippen LogP contribution is 2.21. The van der Waals surface area contributed by atoms with E-state index in [0.717, 1.165) is 17.1 Å². The molecule has 2 heterocycles. The molecule has 7 nitrogen and oxygen atoms in total. The maximum atomic E-state index is 12.7. The number of hydrogen-bond donors (Lipinski definition) is 1. The summed E-state index contributed by atoms with van der Waals surface area (Å²) >= 11 is 0. The molecule has 0 saturated carbocycles. The molecule has 8 heteroatoms. The molecule has 1 amide bonds. The number of sulfone groups is 1. The molecule has 1 saturated heterocycles. The molecule has 1 N–H and O–H groups in total. The van der Waals surface area contributed by atoms with Gasteiger partial charge in [0.25, 0.3) is 5.91 Å². The van der Waals surface area contributed by atoms with Crippen molar-refractivity contribution in [2.45, 2.75) is 19.9 Å². The van der Waals surface area contributed by atoms with E-state index in [0.29, 0.717) is 5.56 Å². The van der Waals surface area contributed by atoms with Gasteiger partial charge >= 0.3 is 0 Å². The third-order valence-corrected chi connectivity index (χ3v) is 5.75. The molecule has 0 spiro atoms. The van der Waals surface area contributed by atoms with Crippen LogP contribution in [0.2, 0.25) is 0 Å². The molecule has 3 rings (SSSR count). The van der Waals surface area contributed by atoms with Crippen LogP contribution in [-0.2, 0) is 9.84 Å². The Hall–Kier alpha value is -2.48. The van der Waals surface area contributed by atoms with Crippen LogP contribution in [0.15, 0.2) is 36.7 Å². The lowest BCUT2D eigenvalue weighted by molar-refractivity contribution is 0.0770. The lowest BCUT2D eigenvalue weighted by Crippen LogP contribution is -2.43. The number of aromatic nitrogens is 2. The standard InChI is InChI=1S/C18H22N4O3S/c1-13(2)21-17-11-16(19-12-20-17)14-4-3-5-15(10-14)18(23)22-6-8-26(24,25)9-7-22/h3-5,10-13H,6-9H2,1-2H3,(H,19,20,21). The second-order valence-corrected chi connectivity index (χ2v) is 8.92. The van der Waals surface area contributed by atoms with E-state index in [-0.39, 0.29) is 36.5 Å². The van der Waals surface area contributed by atoms with Crippen LogP contribution in [0.25, 0.3) is 11.3 Å². The Balaban J connectivity index is 1.81. The van der Waals surface area contributed by atoms with Gasteiger partial charge in [-0.1, -0.05) is 12.1 Å². The fourth-order valence-corrected chi connectivity index (χ4v) is 4.00. The number of nitrogens with one attached hydrogen (secondary N) is 1. The van der Waals surface area contributed by atoms with Gasteiger partial charge in [-0.25, -0.2) is 18.4 Å². The van der Waals surface area contributed by atoms with Crippen molar-refractivity contribution >= 4 is 21.6 Å². The first-order chi connectivity index (χ1) is 12.3. The summed E-state index contributed by atoms with van der Waals surface area (Å²) in [4.78, 5) is 22.8. The van der Waals surface area contributed by atoms with Gasteiger partial charge in [0.05, 0.1) is 17.2 Å². The van der Waals surface area contributed by atoms with Crippen LogP contribution < -0.4 is 5.32 Å². The Morgan fingerprint density at radius 2 is 1.88 bits per heavy atom. The minimum atomic E-state index is -3.02. The first-order valence-corrected chi connectivity index (χ1v) is 10.3. The highest BCUT2D eigenvalue weighted by molar-refractivity contribution is 7.91. The lowest BCUT2D eigenvalue weighted by atomic mass is 10.1. The summed E-state index contributed by atoms with van der Waals surface area (Å²) in [6, 6.07) is 9.31. The summed E-state index contributed by atoms with van der Waals surface area (Å²) in [5.41, 5.74) is 2.06. The topological polar surface area (TPSA) is 92.3 Å². The molecule has 1 fully saturated rings. The molecule has 1 aliphatic heterocycles. The molecule has 1 aromatic heterocycles. The quantitative estimate of drug-likeness (QED) is 0.878. The van der Waals surface area contributed by atoms with Gasteiger partial charge < -0.3 is 10.2 Å². The number of carbonyl (C=O) groups is 1. The molecule has 0 unspecified atom stereocenters. The van der Waals surface area contributed by atoms with Gasteiger partial charge in [-0.15, -0.1) is 0 Å². The van der Waals surface area contributed by atoms with Crippen molar-refractivity contribution in [3.8, 4) is 11.3 Å². The molecular weight excluding hydrogens is 352 g/mol. The monoisotopic (exact) mass is 374 g/mol. The molecule has 0 radical (unpaired) electrons. The maximum Gasteiger partial charge on any atom is 0.253 e. The second kappa shape index (κ2) is 7.41. The largest absolute Gasteiger partial charge is 0.368 e. The summed E-state index contributed by atoms with van der Waals surface area (Å²) in [6.45, 7) is 4.53. The summed E-state index contributed by atoms with van der Waals surface area (Å²) in [6.07, 6.45) is 1.49. The van der Waals surface area contributed by atoms with Crippen molar-refractivity contribution in [1.82, 2.24) is 14.9 Å². The predicted molar refractivity (Wildman–Crippen MR) is 101 cm³/mol. The fraction of sp³-hybridized carbons (Fsp3) is 0.389. The van der Waals surface area contributed by atoms with Crippen molar-refractivity contribution in [2.75, 3.05) is 29.9 Å². The number of carbonyl (C=O) groups excluding carboxylic acids is 1. The van der Waals surface area contributed by atoms with E-state index in [4.69, 9.17) is 0 Å². The Morgan fingerprint density at radius 1 is 1.15 bits per heavy atom. The van der Waals surface area contributed by atoms with Crippen molar-refractivity contribution in [3.63, 3.8) is 0 Å². The average Bonchev–Trinajstić information content (AvgIpc) is 2.61. The minimum Gasteiger partial charge on any atom is -0.368 e. The van der Waals surface area contributed by atoms with Crippen molar-refractivity contribution in [1.29, 1.82) is 0 Å². The van der Waals surface area contributed by atoms with E-state index in [9.17, 15) is 13.2 Å². The van der Waals surface area contributed by atoms with E-state index >= 15 is 0 Å². The van der Waals surface area contributed by atoms with Gasteiger partial charge in [0.1, 0.15) is 12.1 Å². The maximum absolute atomic E-state index is 12.7. The van der Waals surface area contributed by atoms with Crippen LogP contribution in [0.3, 0.4) is 0 Å². The Kier molecular flexibility index (Phi) is 5.22. The highest BCUT2D eigenvalue weighted by atomic mass is 32.2. The van der Waals surface area contributed by atoms with Crippen LogP contribution in [0, 0.1) is 0 Å². The minimum absolute atomic E-state index is 0.0224. The van der Waals surface area contributed by atoms with Crippen molar-refractivity contribution in [2.24, 2.45) is 0 Å². The third-order valence-electron chi connectivity index (χ3n) is 4.14. The van der Waals surface area contributed by atoms with E-state index < -0.39 is 9.84 Å². The molecule has 0 aliphatic carbocycles. The zero-order valence-electron chi connectivity index (χ0n) is 14.8. The summed E-state index contributed by atoms with van der Waals surface area (Å²) in [5.74, 6) is 0.614. The predicted octanol–water partition coefficient (Wildman–Crippen LogP) is 1.83. The SMILES string of the molecule is CC(C)Nc1cc(-c2cccc(C(=O)N3CCS(=O)(=O)CC3)c2)ncn1. The van der Waals surface area contributed by atoms with Gasteiger partial charge in [-0.2, -0.15) is 0 Å². The number of amides is 1. The number of nitrogens with zero attached hydrogens (tertiary/aromatic N) is 3. The van der Waals surface area contributed by atoms with Crippen molar-refractivity contribution in [3.05, 3.63) is 42.2 Å². The van der Waals surface area contributed by atoms with Gasteiger partial charge in [-0.3, -0.25) is 4.79 Å². The van der Waals surface area contributed by atoms with Crippen LogP contribution in [0.1, 0.15) is 24.2 Å². The molecule has 138 valence electrons.